The summed E-state index contributed by atoms with van der Waals surface area (Å²) in [5, 5.41) is 0.341. The van der Waals surface area contributed by atoms with Crippen molar-refractivity contribution in [1.82, 2.24) is 15.4 Å². The Morgan fingerprint density at radius 1 is 1.40 bits per heavy atom. The zero-order chi connectivity index (χ0) is 14.5. The van der Waals surface area contributed by atoms with Crippen molar-refractivity contribution in [3.63, 3.8) is 0 Å². The van der Waals surface area contributed by atoms with Gasteiger partial charge in [-0.1, -0.05) is 17.7 Å². The Labute approximate surface area is 120 Å². The quantitative estimate of drug-likeness (QED) is 0.652. The Balaban J connectivity index is 2.34. The average molecular weight is 297 g/mol. The summed E-state index contributed by atoms with van der Waals surface area (Å²) in [4.78, 5) is 8.23. The van der Waals surface area contributed by atoms with Crippen molar-refractivity contribution in [2.45, 2.75) is 12.5 Å². The van der Waals surface area contributed by atoms with Crippen LogP contribution in [0, 0.1) is 5.82 Å². The van der Waals surface area contributed by atoms with Crippen LogP contribution in [0.25, 0.3) is 0 Å². The van der Waals surface area contributed by atoms with Gasteiger partial charge in [0.1, 0.15) is 11.5 Å². The van der Waals surface area contributed by atoms with E-state index in [1.54, 1.807) is 12.1 Å². The van der Waals surface area contributed by atoms with Gasteiger partial charge in [0, 0.05) is 23.0 Å². The maximum absolute atomic E-state index is 13.8. The fourth-order valence-electron chi connectivity index (χ4n) is 1.90. The minimum atomic E-state index is -0.465. The van der Waals surface area contributed by atoms with Crippen LogP contribution < -0.4 is 16.0 Å². The third-order valence-electron chi connectivity index (χ3n) is 2.89. The topological polar surface area (TPSA) is 73.1 Å². The molecule has 0 aliphatic rings. The molecule has 1 aromatic heterocycles. The SMILES string of the molecule is COc1nccnc1C(Cc1c(F)cccc1Cl)NN. The largest absolute Gasteiger partial charge is 0.480 e. The molecule has 1 aromatic carbocycles. The monoisotopic (exact) mass is 296 g/mol. The molecule has 0 saturated heterocycles. The number of nitrogens with zero attached hydrogens (tertiary/aromatic N) is 2. The molecule has 0 fully saturated rings. The van der Waals surface area contributed by atoms with Gasteiger partial charge in [0.2, 0.25) is 5.88 Å². The molecule has 0 saturated carbocycles. The molecule has 2 aromatic rings. The number of methoxy groups -OCH3 is 1. The summed E-state index contributed by atoms with van der Waals surface area (Å²) in [6.45, 7) is 0. The van der Waals surface area contributed by atoms with Gasteiger partial charge >= 0.3 is 0 Å². The first-order valence-electron chi connectivity index (χ1n) is 5.91. The highest BCUT2D eigenvalue weighted by Gasteiger charge is 2.20. The summed E-state index contributed by atoms with van der Waals surface area (Å²) in [6.07, 6.45) is 3.26. The molecule has 7 heteroatoms. The number of hydrogen-bond donors (Lipinski definition) is 2. The van der Waals surface area contributed by atoms with Crippen LogP contribution in [0.5, 0.6) is 5.88 Å². The molecule has 0 bridgehead atoms. The Bertz CT molecular complexity index is 576. The standard InChI is InChI=1S/C13H14ClFN4O/c1-20-13-12(17-5-6-18-13)11(19-16)7-8-9(14)3-2-4-10(8)15/h2-6,11,19H,7,16H2,1H3. The lowest BCUT2D eigenvalue weighted by atomic mass is 10.0. The number of aromatic nitrogens is 2. The second-order valence-corrected chi connectivity index (χ2v) is 4.48. The van der Waals surface area contributed by atoms with Crippen molar-refractivity contribution in [3.05, 3.63) is 52.7 Å². The lowest BCUT2D eigenvalue weighted by Gasteiger charge is -2.18. The minimum Gasteiger partial charge on any atom is -0.480 e. The number of hydrazine groups is 1. The molecule has 0 amide bonds. The molecule has 20 heavy (non-hydrogen) atoms. The van der Waals surface area contributed by atoms with E-state index in [0.29, 0.717) is 22.2 Å². The summed E-state index contributed by atoms with van der Waals surface area (Å²) in [5.41, 5.74) is 3.45. The fraction of sp³-hybridized carbons (Fsp3) is 0.231. The Morgan fingerprint density at radius 2 is 2.15 bits per heavy atom. The van der Waals surface area contributed by atoms with Crippen molar-refractivity contribution in [3.8, 4) is 5.88 Å². The molecule has 1 unspecified atom stereocenters. The Hall–Kier alpha value is -1.76. The number of nitrogens with one attached hydrogen (secondary N) is 1. The molecule has 0 aliphatic heterocycles. The van der Waals surface area contributed by atoms with E-state index in [2.05, 4.69) is 15.4 Å². The van der Waals surface area contributed by atoms with Gasteiger partial charge < -0.3 is 4.74 Å². The van der Waals surface area contributed by atoms with Gasteiger partial charge in [-0.05, 0) is 18.6 Å². The van der Waals surface area contributed by atoms with Crippen LogP contribution in [0.15, 0.2) is 30.6 Å². The van der Waals surface area contributed by atoms with E-state index in [-0.39, 0.29) is 12.2 Å². The van der Waals surface area contributed by atoms with Crippen LogP contribution in [-0.2, 0) is 6.42 Å². The van der Waals surface area contributed by atoms with E-state index in [0.717, 1.165) is 0 Å². The van der Waals surface area contributed by atoms with Gasteiger partial charge in [-0.3, -0.25) is 16.3 Å². The molecular weight excluding hydrogens is 283 g/mol. The van der Waals surface area contributed by atoms with Gasteiger partial charge in [-0.15, -0.1) is 0 Å². The van der Waals surface area contributed by atoms with E-state index in [1.165, 1.54) is 25.6 Å². The van der Waals surface area contributed by atoms with E-state index in [4.69, 9.17) is 22.2 Å². The van der Waals surface area contributed by atoms with Gasteiger partial charge in [-0.25, -0.2) is 9.37 Å². The van der Waals surface area contributed by atoms with Gasteiger partial charge in [-0.2, -0.15) is 0 Å². The predicted molar refractivity (Wildman–Crippen MR) is 73.8 cm³/mol. The second-order valence-electron chi connectivity index (χ2n) is 4.07. The van der Waals surface area contributed by atoms with Crippen molar-refractivity contribution >= 4 is 11.6 Å². The molecule has 106 valence electrons. The van der Waals surface area contributed by atoms with Crippen LogP contribution >= 0.6 is 11.6 Å². The molecule has 0 radical (unpaired) electrons. The van der Waals surface area contributed by atoms with Crippen LogP contribution in [0.1, 0.15) is 17.3 Å². The van der Waals surface area contributed by atoms with Gasteiger partial charge in [0.25, 0.3) is 0 Å². The average Bonchev–Trinajstić information content (AvgIpc) is 2.47. The van der Waals surface area contributed by atoms with E-state index < -0.39 is 6.04 Å². The number of ether oxygens (including phenoxy) is 1. The molecular formula is C13H14ClFN4O. The van der Waals surface area contributed by atoms with Gasteiger partial charge in [0.15, 0.2) is 0 Å². The summed E-state index contributed by atoms with van der Waals surface area (Å²) in [6, 6.07) is 4.06. The van der Waals surface area contributed by atoms with Crippen LogP contribution in [-0.4, -0.2) is 17.1 Å². The maximum atomic E-state index is 13.8. The molecule has 0 spiro atoms. The highest BCUT2D eigenvalue weighted by atomic mass is 35.5. The molecule has 1 atom stereocenters. The molecule has 3 N–H and O–H groups in total. The number of benzene rings is 1. The van der Waals surface area contributed by atoms with Crippen molar-refractivity contribution in [1.29, 1.82) is 0 Å². The summed E-state index contributed by atoms with van der Waals surface area (Å²) in [5.74, 6) is 5.49. The Kier molecular flexibility index (Phi) is 4.84. The third kappa shape index (κ3) is 3.04. The van der Waals surface area contributed by atoms with Crippen molar-refractivity contribution in [2.24, 2.45) is 5.84 Å². The maximum Gasteiger partial charge on any atom is 0.237 e. The molecule has 2 rings (SSSR count). The highest BCUT2D eigenvalue weighted by molar-refractivity contribution is 6.31. The lowest BCUT2D eigenvalue weighted by molar-refractivity contribution is 0.376. The first kappa shape index (κ1) is 14.6. The zero-order valence-corrected chi connectivity index (χ0v) is 11.6. The van der Waals surface area contributed by atoms with E-state index in [1.807, 2.05) is 0 Å². The molecule has 0 aliphatic carbocycles. The van der Waals surface area contributed by atoms with Crippen LogP contribution in [0.4, 0.5) is 4.39 Å². The third-order valence-corrected chi connectivity index (χ3v) is 3.24. The Morgan fingerprint density at radius 3 is 2.80 bits per heavy atom. The van der Waals surface area contributed by atoms with E-state index >= 15 is 0 Å². The lowest BCUT2D eigenvalue weighted by Crippen LogP contribution is -2.31. The predicted octanol–water partition coefficient (Wildman–Crippen LogP) is 2.02. The molecule has 5 nitrogen and oxygen atoms in total. The second kappa shape index (κ2) is 6.60. The summed E-state index contributed by atoms with van der Waals surface area (Å²) >= 11 is 6.02. The highest BCUT2D eigenvalue weighted by Crippen LogP contribution is 2.27. The number of rotatable bonds is 5. The van der Waals surface area contributed by atoms with Crippen LogP contribution in [0.3, 0.4) is 0 Å². The summed E-state index contributed by atoms with van der Waals surface area (Å²) in [7, 11) is 1.48. The number of nitrogens with two attached hydrogens (primary N) is 1. The minimum absolute atomic E-state index is 0.233. The molecule has 1 heterocycles. The number of halogens is 2. The fourth-order valence-corrected chi connectivity index (χ4v) is 2.14. The normalized spacial score (nSPS) is 12.2. The van der Waals surface area contributed by atoms with Crippen molar-refractivity contribution < 1.29 is 9.13 Å². The zero-order valence-electron chi connectivity index (χ0n) is 10.8. The first-order chi connectivity index (χ1) is 9.67. The van der Waals surface area contributed by atoms with Crippen LogP contribution in [0.2, 0.25) is 5.02 Å². The van der Waals surface area contributed by atoms with Crippen molar-refractivity contribution in [2.75, 3.05) is 7.11 Å². The van der Waals surface area contributed by atoms with E-state index in [9.17, 15) is 4.39 Å². The smallest absolute Gasteiger partial charge is 0.237 e. The first-order valence-corrected chi connectivity index (χ1v) is 6.29. The summed E-state index contributed by atoms with van der Waals surface area (Å²) < 4.78 is 19.0. The number of hydrogen-bond acceptors (Lipinski definition) is 5. The van der Waals surface area contributed by atoms with Gasteiger partial charge in [0.05, 0.1) is 13.2 Å².